The highest BCUT2D eigenvalue weighted by molar-refractivity contribution is 5.79. The lowest BCUT2D eigenvalue weighted by Gasteiger charge is -2.43. The lowest BCUT2D eigenvalue weighted by Crippen LogP contribution is -2.45. The van der Waals surface area contributed by atoms with E-state index in [0.29, 0.717) is 17.8 Å². The van der Waals surface area contributed by atoms with Crippen molar-refractivity contribution < 1.29 is 19.4 Å². The number of carboxylic acid groups (broad SMARTS) is 1. The van der Waals surface area contributed by atoms with Gasteiger partial charge in [0.15, 0.2) is 0 Å². The first-order valence-electron chi connectivity index (χ1n) is 7.56. The van der Waals surface area contributed by atoms with Gasteiger partial charge in [-0.05, 0) is 36.2 Å². The summed E-state index contributed by atoms with van der Waals surface area (Å²) in [7, 11) is 0. The van der Waals surface area contributed by atoms with Gasteiger partial charge in [0.2, 0.25) is 0 Å². The maximum atomic E-state index is 11.7. The predicted octanol–water partition coefficient (Wildman–Crippen LogP) is 3.19. The molecular weight excluding hydrogens is 282 g/mol. The fourth-order valence-corrected chi connectivity index (χ4v) is 3.13. The second-order valence-corrected chi connectivity index (χ2v) is 6.77. The van der Waals surface area contributed by atoms with Crippen molar-refractivity contribution >= 4 is 12.1 Å². The number of aliphatic carboxylic acids is 1. The number of carbonyl (C=O) groups is 2. The van der Waals surface area contributed by atoms with Gasteiger partial charge in [0.1, 0.15) is 12.6 Å². The van der Waals surface area contributed by atoms with E-state index >= 15 is 0 Å². The molecule has 0 spiro atoms. The van der Waals surface area contributed by atoms with Gasteiger partial charge in [-0.15, -0.1) is 0 Å². The molecule has 2 N–H and O–H groups in total. The maximum Gasteiger partial charge on any atom is 0.408 e. The van der Waals surface area contributed by atoms with Crippen LogP contribution in [0, 0.1) is 11.3 Å². The normalized spacial score (nSPS) is 18.1. The van der Waals surface area contributed by atoms with Crippen molar-refractivity contribution in [3.05, 3.63) is 35.9 Å². The van der Waals surface area contributed by atoms with Gasteiger partial charge >= 0.3 is 12.1 Å². The fraction of sp³-hybridized carbons (Fsp3) is 0.529. The second-order valence-electron chi connectivity index (χ2n) is 6.77. The molecule has 0 radical (unpaired) electrons. The van der Waals surface area contributed by atoms with Crippen molar-refractivity contribution in [2.24, 2.45) is 11.3 Å². The molecule has 1 saturated carbocycles. The fourth-order valence-electron chi connectivity index (χ4n) is 3.13. The summed E-state index contributed by atoms with van der Waals surface area (Å²) in [6.07, 6.45) is 1.77. The number of amides is 1. The summed E-state index contributed by atoms with van der Waals surface area (Å²) in [6, 6.07) is 8.40. The van der Waals surface area contributed by atoms with E-state index in [4.69, 9.17) is 4.74 Å². The van der Waals surface area contributed by atoms with Gasteiger partial charge in [-0.1, -0.05) is 44.2 Å². The number of hydrogen-bond donors (Lipinski definition) is 2. The predicted molar refractivity (Wildman–Crippen MR) is 82.3 cm³/mol. The standard InChI is InChI=1S/C17H23NO4/c1-17(2)9-13(10-17)8-14(15(19)20)18-16(21)22-11-12-6-4-3-5-7-12/h3-7,13-14H,8-11H2,1-2H3,(H,18,21)(H,19,20). The Morgan fingerprint density at radius 3 is 2.50 bits per heavy atom. The van der Waals surface area contributed by atoms with E-state index in [9.17, 15) is 14.7 Å². The molecule has 0 heterocycles. The minimum absolute atomic E-state index is 0.134. The van der Waals surface area contributed by atoms with E-state index in [1.165, 1.54) is 0 Å². The number of benzene rings is 1. The largest absolute Gasteiger partial charge is 0.480 e. The minimum Gasteiger partial charge on any atom is -0.480 e. The Bertz CT molecular complexity index is 519. The molecule has 120 valence electrons. The zero-order valence-electron chi connectivity index (χ0n) is 13.0. The molecule has 0 aliphatic heterocycles. The molecule has 2 rings (SSSR count). The molecule has 1 aliphatic rings. The van der Waals surface area contributed by atoms with E-state index in [1.807, 2.05) is 30.3 Å². The zero-order chi connectivity index (χ0) is 16.2. The van der Waals surface area contributed by atoms with E-state index < -0.39 is 18.1 Å². The van der Waals surface area contributed by atoms with Crippen LogP contribution < -0.4 is 5.32 Å². The van der Waals surface area contributed by atoms with Crippen molar-refractivity contribution in [3.8, 4) is 0 Å². The molecule has 1 aliphatic carbocycles. The molecule has 1 unspecified atom stereocenters. The van der Waals surface area contributed by atoms with Crippen molar-refractivity contribution in [1.29, 1.82) is 0 Å². The molecule has 1 fully saturated rings. The smallest absolute Gasteiger partial charge is 0.408 e. The number of carbonyl (C=O) groups excluding carboxylic acids is 1. The van der Waals surface area contributed by atoms with Crippen LogP contribution in [-0.2, 0) is 16.1 Å². The Labute approximate surface area is 130 Å². The van der Waals surface area contributed by atoms with Gasteiger partial charge in [0.05, 0.1) is 0 Å². The monoisotopic (exact) mass is 305 g/mol. The first kappa shape index (κ1) is 16.3. The van der Waals surface area contributed by atoms with Gasteiger partial charge in [0, 0.05) is 0 Å². The lowest BCUT2D eigenvalue weighted by atomic mass is 9.63. The average molecular weight is 305 g/mol. The van der Waals surface area contributed by atoms with Crippen LogP contribution in [0.25, 0.3) is 0 Å². The summed E-state index contributed by atoms with van der Waals surface area (Å²) in [5.74, 6) is -0.660. The molecule has 1 aromatic carbocycles. The summed E-state index contributed by atoms with van der Waals surface area (Å²) >= 11 is 0. The van der Waals surface area contributed by atoms with Crippen LogP contribution in [0.2, 0.25) is 0 Å². The number of rotatable bonds is 6. The number of carboxylic acids is 1. The Morgan fingerprint density at radius 1 is 1.32 bits per heavy atom. The number of ether oxygens (including phenoxy) is 1. The number of nitrogens with one attached hydrogen (secondary N) is 1. The third kappa shape index (κ3) is 4.76. The number of hydrogen-bond acceptors (Lipinski definition) is 3. The molecule has 0 bridgehead atoms. The second kappa shape index (κ2) is 6.81. The third-order valence-corrected chi connectivity index (χ3v) is 4.05. The Balaban J connectivity index is 1.78. The molecule has 1 atom stereocenters. The zero-order valence-corrected chi connectivity index (χ0v) is 13.0. The molecule has 0 saturated heterocycles. The Hall–Kier alpha value is -2.04. The Kier molecular flexibility index (Phi) is 5.06. The van der Waals surface area contributed by atoms with Gasteiger partial charge in [-0.25, -0.2) is 9.59 Å². The highest BCUT2D eigenvalue weighted by Crippen LogP contribution is 2.46. The minimum atomic E-state index is -1.01. The molecule has 5 heteroatoms. The van der Waals surface area contributed by atoms with Gasteiger partial charge in [0.25, 0.3) is 0 Å². The maximum absolute atomic E-state index is 11.7. The van der Waals surface area contributed by atoms with Crippen LogP contribution in [0.15, 0.2) is 30.3 Å². The number of alkyl carbamates (subject to hydrolysis) is 1. The van der Waals surface area contributed by atoms with Crippen LogP contribution in [0.5, 0.6) is 0 Å². The molecule has 1 aromatic rings. The highest BCUT2D eigenvalue weighted by atomic mass is 16.5. The summed E-state index contributed by atoms with van der Waals surface area (Å²) in [5, 5.41) is 11.7. The summed E-state index contributed by atoms with van der Waals surface area (Å²) in [5.41, 5.74) is 1.16. The SMILES string of the molecule is CC1(C)CC(CC(NC(=O)OCc2ccccc2)C(=O)O)C1. The summed E-state index contributed by atoms with van der Waals surface area (Å²) < 4.78 is 5.07. The van der Waals surface area contributed by atoms with Crippen LogP contribution >= 0.6 is 0 Å². The average Bonchev–Trinajstić information content (AvgIpc) is 2.43. The van der Waals surface area contributed by atoms with Gasteiger partial charge < -0.3 is 15.2 Å². The van der Waals surface area contributed by atoms with Crippen molar-refractivity contribution in [3.63, 3.8) is 0 Å². The van der Waals surface area contributed by atoms with Gasteiger partial charge in [-0.3, -0.25) is 0 Å². The van der Waals surface area contributed by atoms with E-state index in [0.717, 1.165) is 18.4 Å². The first-order chi connectivity index (χ1) is 10.4. The summed E-state index contributed by atoms with van der Waals surface area (Å²) in [6.45, 7) is 4.47. The quantitative estimate of drug-likeness (QED) is 0.846. The van der Waals surface area contributed by atoms with E-state index in [2.05, 4.69) is 19.2 Å². The topological polar surface area (TPSA) is 75.6 Å². The third-order valence-electron chi connectivity index (χ3n) is 4.05. The molecular formula is C17H23NO4. The van der Waals surface area contributed by atoms with Gasteiger partial charge in [-0.2, -0.15) is 0 Å². The van der Waals surface area contributed by atoms with E-state index in [1.54, 1.807) is 0 Å². The van der Waals surface area contributed by atoms with Crippen LogP contribution in [0.3, 0.4) is 0 Å². The first-order valence-corrected chi connectivity index (χ1v) is 7.56. The van der Waals surface area contributed by atoms with Crippen LogP contribution in [-0.4, -0.2) is 23.2 Å². The van der Waals surface area contributed by atoms with E-state index in [-0.39, 0.29) is 6.61 Å². The molecule has 0 aromatic heterocycles. The molecule has 22 heavy (non-hydrogen) atoms. The highest BCUT2D eigenvalue weighted by Gasteiger charge is 2.38. The van der Waals surface area contributed by atoms with Crippen molar-refractivity contribution in [1.82, 2.24) is 5.32 Å². The lowest BCUT2D eigenvalue weighted by molar-refractivity contribution is -0.140. The molecule has 1 amide bonds. The van der Waals surface area contributed by atoms with Crippen LogP contribution in [0.1, 0.15) is 38.7 Å². The molecule has 5 nitrogen and oxygen atoms in total. The van der Waals surface area contributed by atoms with Crippen molar-refractivity contribution in [2.45, 2.75) is 45.8 Å². The van der Waals surface area contributed by atoms with Crippen molar-refractivity contribution in [2.75, 3.05) is 0 Å². The summed E-state index contributed by atoms with van der Waals surface area (Å²) in [4.78, 5) is 23.0. The Morgan fingerprint density at radius 2 is 1.95 bits per heavy atom. The van der Waals surface area contributed by atoms with Crippen LogP contribution in [0.4, 0.5) is 4.79 Å².